The van der Waals surface area contributed by atoms with Gasteiger partial charge in [-0.2, -0.15) is 0 Å². The van der Waals surface area contributed by atoms with Gasteiger partial charge in [-0.15, -0.1) is 0 Å². The fourth-order valence-electron chi connectivity index (χ4n) is 4.49. The van der Waals surface area contributed by atoms with Crippen LogP contribution in [0.25, 0.3) is 0 Å². The van der Waals surface area contributed by atoms with Crippen LogP contribution in [0.15, 0.2) is 77.9 Å². The van der Waals surface area contributed by atoms with Crippen LogP contribution in [0.2, 0.25) is 0 Å². The molecule has 196 valence electrons. The van der Waals surface area contributed by atoms with Gasteiger partial charge in [0.05, 0.1) is 20.3 Å². The lowest BCUT2D eigenvalue weighted by molar-refractivity contribution is -0.145. The number of carbonyl (C=O) groups is 2. The summed E-state index contributed by atoms with van der Waals surface area (Å²) in [4.78, 5) is 25.5. The maximum atomic E-state index is 13.2. The summed E-state index contributed by atoms with van der Waals surface area (Å²) in [5.74, 6) is 0.500. The molecule has 2 atom stereocenters. The van der Waals surface area contributed by atoms with E-state index in [2.05, 4.69) is 0 Å². The van der Waals surface area contributed by atoms with Gasteiger partial charge in [0.15, 0.2) is 17.3 Å². The first kappa shape index (κ1) is 27.9. The molecule has 0 bridgehead atoms. The van der Waals surface area contributed by atoms with Crippen molar-refractivity contribution in [2.75, 3.05) is 14.2 Å². The molecule has 6 heteroatoms. The topological polar surface area (TPSA) is 82.1 Å². The summed E-state index contributed by atoms with van der Waals surface area (Å²) in [6.45, 7) is 4.02. The molecule has 0 aromatic heterocycles. The predicted octanol–water partition coefficient (Wildman–Crippen LogP) is 5.92. The molecule has 0 radical (unpaired) electrons. The van der Waals surface area contributed by atoms with Crippen LogP contribution in [0.5, 0.6) is 11.5 Å². The minimum Gasteiger partial charge on any atom is -0.493 e. The van der Waals surface area contributed by atoms with Crippen LogP contribution in [0.1, 0.15) is 54.1 Å². The van der Waals surface area contributed by atoms with Crippen LogP contribution >= 0.6 is 0 Å². The Labute approximate surface area is 219 Å². The standard InChI is InChI=1S/C31H36O6/c1-5-9-23-15-24(18-28(33)26-19-30(36-4)29(35-3)14-21(26)2)17-25(16-23)27(32)12-13-31(34)37-20-22-10-7-6-8-11-22/h5-11,14-15,17,19,25,27,32H,12-13,16,18,20H2,1-4H3. The second kappa shape index (κ2) is 13.6. The highest BCUT2D eigenvalue weighted by molar-refractivity contribution is 5.99. The highest BCUT2D eigenvalue weighted by Crippen LogP contribution is 2.33. The number of hydrogen-bond acceptors (Lipinski definition) is 6. The first-order valence-electron chi connectivity index (χ1n) is 12.5. The number of benzene rings is 2. The fourth-order valence-corrected chi connectivity index (χ4v) is 4.49. The van der Waals surface area contributed by atoms with Crippen molar-refractivity contribution in [3.63, 3.8) is 0 Å². The molecule has 2 unspecified atom stereocenters. The summed E-state index contributed by atoms with van der Waals surface area (Å²) in [5.41, 5.74) is 4.18. The van der Waals surface area contributed by atoms with E-state index in [0.29, 0.717) is 23.5 Å². The van der Waals surface area contributed by atoms with Gasteiger partial charge in [0.2, 0.25) is 0 Å². The number of ether oxygens (including phenoxy) is 3. The van der Waals surface area contributed by atoms with E-state index in [1.165, 1.54) is 0 Å². The maximum Gasteiger partial charge on any atom is 0.306 e. The third-order valence-electron chi connectivity index (χ3n) is 6.43. The SMILES string of the molecule is CC=CC1=CC(CC(=O)c2cc(OC)c(OC)cc2C)=CC(C(O)CCC(=O)OCc2ccccc2)C1. The van der Waals surface area contributed by atoms with Gasteiger partial charge in [0.25, 0.3) is 0 Å². The monoisotopic (exact) mass is 504 g/mol. The number of rotatable bonds is 12. The van der Waals surface area contributed by atoms with E-state index in [9.17, 15) is 14.7 Å². The average Bonchev–Trinajstić information content (AvgIpc) is 2.90. The van der Waals surface area contributed by atoms with Gasteiger partial charge in [-0.25, -0.2) is 0 Å². The number of Topliss-reactive ketones (excluding diaryl/α,β-unsaturated/α-hetero) is 1. The predicted molar refractivity (Wildman–Crippen MR) is 144 cm³/mol. The highest BCUT2D eigenvalue weighted by Gasteiger charge is 2.24. The summed E-state index contributed by atoms with van der Waals surface area (Å²) < 4.78 is 16.1. The third kappa shape index (κ3) is 7.92. The van der Waals surface area contributed by atoms with E-state index < -0.39 is 6.10 Å². The lowest BCUT2D eigenvalue weighted by Gasteiger charge is -2.25. The number of allylic oxidation sites excluding steroid dienone is 5. The first-order chi connectivity index (χ1) is 17.8. The van der Waals surface area contributed by atoms with Gasteiger partial charge >= 0.3 is 5.97 Å². The number of esters is 1. The van der Waals surface area contributed by atoms with Crippen LogP contribution < -0.4 is 9.47 Å². The van der Waals surface area contributed by atoms with Crippen molar-refractivity contribution in [3.8, 4) is 11.5 Å². The quantitative estimate of drug-likeness (QED) is 0.285. The second-order valence-corrected chi connectivity index (χ2v) is 9.20. The van der Waals surface area contributed by atoms with Crippen molar-refractivity contribution >= 4 is 11.8 Å². The number of methoxy groups -OCH3 is 2. The number of ketones is 1. The molecule has 0 fully saturated rings. The van der Waals surface area contributed by atoms with E-state index in [1.54, 1.807) is 26.4 Å². The zero-order valence-corrected chi connectivity index (χ0v) is 22.0. The Hall–Kier alpha value is -3.64. The molecule has 1 aliphatic rings. The Balaban J connectivity index is 1.66. The molecule has 3 rings (SSSR count). The molecule has 0 saturated heterocycles. The van der Waals surface area contributed by atoms with Gasteiger partial charge in [0.1, 0.15) is 6.61 Å². The third-order valence-corrected chi connectivity index (χ3v) is 6.43. The molecule has 0 saturated carbocycles. The molecule has 2 aromatic rings. The Morgan fingerprint density at radius 2 is 1.81 bits per heavy atom. The van der Waals surface area contributed by atoms with Gasteiger partial charge in [-0.05, 0) is 61.1 Å². The van der Waals surface area contributed by atoms with E-state index in [-0.39, 0.29) is 43.5 Å². The van der Waals surface area contributed by atoms with Crippen molar-refractivity contribution in [1.82, 2.24) is 0 Å². The van der Waals surface area contributed by atoms with Gasteiger partial charge in [0, 0.05) is 24.3 Å². The zero-order valence-electron chi connectivity index (χ0n) is 22.0. The first-order valence-corrected chi connectivity index (χ1v) is 12.5. The van der Waals surface area contributed by atoms with Crippen molar-refractivity contribution in [1.29, 1.82) is 0 Å². The summed E-state index contributed by atoms with van der Waals surface area (Å²) in [7, 11) is 3.11. The lowest BCUT2D eigenvalue weighted by atomic mass is 9.83. The van der Waals surface area contributed by atoms with E-state index in [4.69, 9.17) is 14.2 Å². The number of aryl methyl sites for hydroxylation is 1. The average molecular weight is 505 g/mol. The van der Waals surface area contributed by atoms with Gasteiger partial charge in [-0.3, -0.25) is 9.59 Å². The Bertz CT molecular complexity index is 1180. The highest BCUT2D eigenvalue weighted by atomic mass is 16.5. The zero-order chi connectivity index (χ0) is 26.8. The largest absolute Gasteiger partial charge is 0.493 e. The molecule has 6 nitrogen and oxygen atoms in total. The molecule has 1 N–H and O–H groups in total. The number of aliphatic hydroxyl groups is 1. The number of hydrogen-bond donors (Lipinski definition) is 1. The van der Waals surface area contributed by atoms with Gasteiger partial charge < -0.3 is 19.3 Å². The minimum absolute atomic E-state index is 0.0413. The van der Waals surface area contributed by atoms with Crippen LogP contribution in [0.3, 0.4) is 0 Å². The van der Waals surface area contributed by atoms with Crippen molar-refractivity contribution in [2.45, 2.75) is 52.2 Å². The summed E-state index contributed by atoms with van der Waals surface area (Å²) in [6, 6.07) is 13.0. The molecule has 0 aliphatic heterocycles. The summed E-state index contributed by atoms with van der Waals surface area (Å²) in [6.07, 6.45) is 8.41. The Morgan fingerprint density at radius 3 is 2.49 bits per heavy atom. The van der Waals surface area contributed by atoms with E-state index >= 15 is 0 Å². The molecule has 0 amide bonds. The molecule has 37 heavy (non-hydrogen) atoms. The summed E-state index contributed by atoms with van der Waals surface area (Å²) >= 11 is 0. The minimum atomic E-state index is -0.730. The molecule has 0 spiro atoms. The van der Waals surface area contributed by atoms with E-state index in [0.717, 1.165) is 22.3 Å². The van der Waals surface area contributed by atoms with Crippen molar-refractivity contribution < 1.29 is 28.9 Å². The van der Waals surface area contributed by atoms with Crippen LogP contribution in [-0.4, -0.2) is 37.2 Å². The molecule has 2 aromatic carbocycles. The molecule has 0 heterocycles. The van der Waals surface area contributed by atoms with Crippen LogP contribution in [-0.2, 0) is 16.1 Å². The second-order valence-electron chi connectivity index (χ2n) is 9.20. The molecule has 1 aliphatic carbocycles. The van der Waals surface area contributed by atoms with E-state index in [1.807, 2.05) is 68.5 Å². The Kier molecular flexibility index (Phi) is 10.3. The fraction of sp³-hybridized carbons (Fsp3) is 0.355. The number of aliphatic hydroxyl groups excluding tert-OH is 1. The lowest BCUT2D eigenvalue weighted by Crippen LogP contribution is -2.23. The van der Waals surface area contributed by atoms with Crippen molar-refractivity contribution in [3.05, 3.63) is 94.6 Å². The Morgan fingerprint density at radius 1 is 1.11 bits per heavy atom. The smallest absolute Gasteiger partial charge is 0.306 e. The number of carbonyl (C=O) groups excluding carboxylic acids is 2. The molecular formula is C31H36O6. The normalized spacial score (nSPS) is 16.1. The van der Waals surface area contributed by atoms with Crippen molar-refractivity contribution in [2.24, 2.45) is 5.92 Å². The summed E-state index contributed by atoms with van der Waals surface area (Å²) in [5, 5.41) is 10.9. The molecular weight excluding hydrogens is 468 g/mol. The van der Waals surface area contributed by atoms with Crippen LogP contribution in [0, 0.1) is 12.8 Å². The van der Waals surface area contributed by atoms with Gasteiger partial charge in [-0.1, -0.05) is 54.6 Å². The maximum absolute atomic E-state index is 13.2. The van der Waals surface area contributed by atoms with Crippen LogP contribution in [0.4, 0.5) is 0 Å².